The molecule has 32 heavy (non-hydrogen) atoms. The van der Waals surface area contributed by atoms with Crippen molar-refractivity contribution in [2.75, 3.05) is 5.32 Å². The molecule has 1 N–H and O–H groups in total. The van der Waals surface area contributed by atoms with Crippen molar-refractivity contribution in [3.8, 4) is 22.6 Å². The molecule has 5 aromatic rings. The third kappa shape index (κ3) is 3.72. The second-order valence-corrected chi connectivity index (χ2v) is 7.58. The van der Waals surface area contributed by atoms with Gasteiger partial charge in [0.1, 0.15) is 0 Å². The number of hydrogen-bond acceptors (Lipinski definition) is 5. The number of carbonyl (C=O) groups excluding carboxylic acids is 1. The summed E-state index contributed by atoms with van der Waals surface area (Å²) in [6, 6.07) is 20.8. The van der Waals surface area contributed by atoms with Crippen molar-refractivity contribution in [3.05, 3.63) is 95.8 Å². The van der Waals surface area contributed by atoms with Crippen LogP contribution < -0.4 is 5.32 Å². The first-order valence-corrected chi connectivity index (χ1v) is 10.2. The predicted octanol–water partition coefficient (Wildman–Crippen LogP) is 4.72. The van der Waals surface area contributed by atoms with Crippen LogP contribution in [0.1, 0.15) is 21.5 Å². The molecule has 3 heterocycles. The molecule has 0 spiro atoms. The molecule has 0 unspecified atom stereocenters. The van der Waals surface area contributed by atoms with Gasteiger partial charge in [-0.25, -0.2) is 0 Å². The molecule has 5 rings (SSSR count). The molecule has 0 saturated carbocycles. The number of aryl methyl sites for hydroxylation is 2. The Morgan fingerprint density at radius 1 is 0.812 bits per heavy atom. The maximum atomic E-state index is 12.6. The van der Waals surface area contributed by atoms with Crippen LogP contribution in [-0.2, 0) is 0 Å². The Bertz CT molecular complexity index is 1420. The van der Waals surface area contributed by atoms with Gasteiger partial charge in [-0.1, -0.05) is 18.2 Å². The Morgan fingerprint density at radius 2 is 1.59 bits per heavy atom. The number of amides is 1. The summed E-state index contributed by atoms with van der Waals surface area (Å²) in [6.07, 6.45) is 3.43. The molecule has 0 radical (unpaired) electrons. The molecule has 3 aromatic heterocycles. The molecule has 0 fully saturated rings. The van der Waals surface area contributed by atoms with Gasteiger partial charge in [0.15, 0.2) is 11.5 Å². The molecule has 0 bridgehead atoms. The van der Waals surface area contributed by atoms with Crippen molar-refractivity contribution < 1.29 is 4.79 Å². The Hall–Kier alpha value is -4.39. The normalized spacial score (nSPS) is 10.9. The maximum absolute atomic E-state index is 12.6. The Balaban J connectivity index is 1.40. The fraction of sp³-hybridized carbons (Fsp3) is 0.0800. The molecular weight excluding hydrogens is 400 g/mol. The fourth-order valence-electron chi connectivity index (χ4n) is 3.43. The van der Waals surface area contributed by atoms with Crippen LogP contribution in [0.4, 0.5) is 5.69 Å². The van der Waals surface area contributed by atoms with Crippen molar-refractivity contribution in [2.24, 2.45) is 0 Å². The molecule has 156 valence electrons. The highest BCUT2D eigenvalue weighted by molar-refractivity contribution is 6.04. The van der Waals surface area contributed by atoms with E-state index in [1.54, 1.807) is 16.9 Å². The number of rotatable bonds is 4. The van der Waals surface area contributed by atoms with Gasteiger partial charge in [-0.05, 0) is 73.5 Å². The van der Waals surface area contributed by atoms with E-state index in [0.29, 0.717) is 17.0 Å². The highest BCUT2D eigenvalue weighted by Crippen LogP contribution is 2.23. The van der Waals surface area contributed by atoms with Crippen LogP contribution in [0.2, 0.25) is 0 Å². The first-order chi connectivity index (χ1) is 15.6. The van der Waals surface area contributed by atoms with E-state index in [1.807, 2.05) is 80.6 Å². The van der Waals surface area contributed by atoms with Gasteiger partial charge in [0, 0.05) is 34.8 Å². The van der Waals surface area contributed by atoms with E-state index in [4.69, 9.17) is 5.10 Å². The summed E-state index contributed by atoms with van der Waals surface area (Å²) in [4.78, 5) is 16.6. The SMILES string of the molecule is Cc1ccc(C(=O)Nc2ccc(-c3ccc4nnc(-c5ccncc5)n4n3)cc2)cc1C. The lowest BCUT2D eigenvalue weighted by Gasteiger charge is -2.08. The van der Waals surface area contributed by atoms with E-state index in [-0.39, 0.29) is 5.91 Å². The zero-order valence-electron chi connectivity index (χ0n) is 17.6. The van der Waals surface area contributed by atoms with Gasteiger partial charge in [-0.3, -0.25) is 9.78 Å². The van der Waals surface area contributed by atoms with Crippen molar-refractivity contribution in [3.63, 3.8) is 0 Å². The first-order valence-electron chi connectivity index (χ1n) is 10.2. The summed E-state index contributed by atoms with van der Waals surface area (Å²) in [5.41, 5.74) is 6.87. The smallest absolute Gasteiger partial charge is 0.255 e. The van der Waals surface area contributed by atoms with Crippen LogP contribution in [0, 0.1) is 13.8 Å². The van der Waals surface area contributed by atoms with E-state index in [9.17, 15) is 4.79 Å². The monoisotopic (exact) mass is 420 g/mol. The lowest BCUT2D eigenvalue weighted by molar-refractivity contribution is 0.102. The molecule has 2 aromatic carbocycles. The van der Waals surface area contributed by atoms with Crippen LogP contribution >= 0.6 is 0 Å². The minimum atomic E-state index is -0.133. The fourth-order valence-corrected chi connectivity index (χ4v) is 3.43. The molecule has 0 aliphatic heterocycles. The summed E-state index contributed by atoms with van der Waals surface area (Å²) in [7, 11) is 0. The van der Waals surface area contributed by atoms with Gasteiger partial charge in [-0.2, -0.15) is 9.61 Å². The number of hydrogen-bond donors (Lipinski definition) is 1. The van der Waals surface area contributed by atoms with Crippen LogP contribution in [0.3, 0.4) is 0 Å². The molecule has 0 aliphatic rings. The van der Waals surface area contributed by atoms with E-state index >= 15 is 0 Å². The third-order valence-corrected chi connectivity index (χ3v) is 5.41. The van der Waals surface area contributed by atoms with Crippen LogP contribution in [0.25, 0.3) is 28.3 Å². The minimum absolute atomic E-state index is 0.133. The van der Waals surface area contributed by atoms with Crippen LogP contribution in [0.5, 0.6) is 0 Å². The first kappa shape index (κ1) is 19.6. The number of benzene rings is 2. The van der Waals surface area contributed by atoms with Gasteiger partial charge in [0.05, 0.1) is 5.69 Å². The largest absolute Gasteiger partial charge is 0.322 e. The third-order valence-electron chi connectivity index (χ3n) is 5.41. The molecule has 0 saturated heterocycles. The van der Waals surface area contributed by atoms with Gasteiger partial charge in [0.25, 0.3) is 5.91 Å². The lowest BCUT2D eigenvalue weighted by Crippen LogP contribution is -2.12. The van der Waals surface area contributed by atoms with Crippen molar-refractivity contribution in [1.82, 2.24) is 24.8 Å². The van der Waals surface area contributed by atoms with E-state index in [1.165, 1.54) is 0 Å². The average molecular weight is 420 g/mol. The summed E-state index contributed by atoms with van der Waals surface area (Å²) in [5.74, 6) is 0.522. The van der Waals surface area contributed by atoms with Gasteiger partial charge < -0.3 is 5.32 Å². The van der Waals surface area contributed by atoms with E-state index in [2.05, 4.69) is 20.5 Å². The van der Waals surface area contributed by atoms with Crippen molar-refractivity contribution in [1.29, 1.82) is 0 Å². The number of nitrogens with one attached hydrogen (secondary N) is 1. The second-order valence-electron chi connectivity index (χ2n) is 7.58. The van der Waals surface area contributed by atoms with Crippen molar-refractivity contribution >= 4 is 17.2 Å². The van der Waals surface area contributed by atoms with Crippen LogP contribution in [-0.4, -0.2) is 30.7 Å². The molecule has 1 amide bonds. The number of nitrogens with zero attached hydrogens (tertiary/aromatic N) is 5. The number of aromatic nitrogens is 5. The maximum Gasteiger partial charge on any atom is 0.255 e. The van der Waals surface area contributed by atoms with E-state index in [0.717, 1.165) is 33.6 Å². The van der Waals surface area contributed by atoms with Crippen LogP contribution in [0.15, 0.2) is 79.1 Å². The van der Waals surface area contributed by atoms with Gasteiger partial charge in [-0.15, -0.1) is 10.2 Å². The Labute approximate surface area is 184 Å². The number of anilines is 1. The summed E-state index contributed by atoms with van der Waals surface area (Å²) in [6.45, 7) is 4.03. The minimum Gasteiger partial charge on any atom is -0.322 e. The quantitative estimate of drug-likeness (QED) is 0.455. The summed E-state index contributed by atoms with van der Waals surface area (Å²) >= 11 is 0. The zero-order chi connectivity index (χ0) is 22.1. The summed E-state index contributed by atoms with van der Waals surface area (Å²) < 4.78 is 1.72. The highest BCUT2D eigenvalue weighted by atomic mass is 16.1. The number of pyridine rings is 1. The van der Waals surface area contributed by atoms with Gasteiger partial charge in [0.2, 0.25) is 0 Å². The Kier molecular flexibility index (Phi) is 4.91. The zero-order valence-corrected chi connectivity index (χ0v) is 17.6. The number of carbonyl (C=O) groups is 1. The molecule has 7 heteroatoms. The number of fused-ring (bicyclic) bond motifs is 1. The van der Waals surface area contributed by atoms with Crippen molar-refractivity contribution in [2.45, 2.75) is 13.8 Å². The lowest BCUT2D eigenvalue weighted by atomic mass is 10.1. The summed E-state index contributed by atoms with van der Waals surface area (Å²) in [5, 5.41) is 16.1. The highest BCUT2D eigenvalue weighted by Gasteiger charge is 2.11. The molecule has 0 atom stereocenters. The van der Waals surface area contributed by atoms with Gasteiger partial charge >= 0.3 is 0 Å². The predicted molar refractivity (Wildman–Crippen MR) is 123 cm³/mol. The average Bonchev–Trinajstić information content (AvgIpc) is 3.25. The topological polar surface area (TPSA) is 85.1 Å². The molecular formula is C25H20N6O. The standard InChI is InChI=1S/C25H20N6O/c1-16-3-4-20(15-17(16)2)25(32)27-21-7-5-18(6-8-21)22-9-10-23-28-29-24(31(23)30-22)19-11-13-26-14-12-19/h3-15H,1-2H3,(H,27,32). The molecule has 7 nitrogen and oxygen atoms in total. The van der Waals surface area contributed by atoms with E-state index < -0.39 is 0 Å². The molecule has 0 aliphatic carbocycles. The Morgan fingerprint density at radius 3 is 2.34 bits per heavy atom. The second kappa shape index (κ2) is 8.03.